The summed E-state index contributed by atoms with van der Waals surface area (Å²) in [6.07, 6.45) is 0. The van der Waals surface area contributed by atoms with Crippen LogP contribution in [0.25, 0.3) is 0 Å². The van der Waals surface area contributed by atoms with E-state index >= 15 is 0 Å². The Morgan fingerprint density at radius 1 is 1.54 bits per heavy atom. The first-order valence-electron chi connectivity index (χ1n) is 4.21. The molecule has 1 heterocycles. The van der Waals surface area contributed by atoms with Crippen molar-refractivity contribution >= 4 is 5.97 Å². The van der Waals surface area contributed by atoms with Crippen molar-refractivity contribution in [3.8, 4) is 0 Å². The van der Waals surface area contributed by atoms with E-state index in [1.54, 1.807) is 13.0 Å². The molecule has 1 aromatic heterocycles. The maximum absolute atomic E-state index is 10.6. The molecule has 4 nitrogen and oxygen atoms in total. The number of hydrogen-bond donors (Lipinski definition) is 1. The number of aliphatic carboxylic acids is 1. The molecule has 0 spiro atoms. The predicted octanol–water partition coefficient (Wildman–Crippen LogP) is 1.99. The van der Waals surface area contributed by atoms with Gasteiger partial charge in [-0.1, -0.05) is 19.0 Å². The standard InChI is InChI=1S/C9H13NO3/c1-5(2)8-4-7(10-13-8)6(3)9(11)12/h4-6H,1-3H3,(H,11,12). The third-order valence-electron chi connectivity index (χ3n) is 1.93. The van der Waals surface area contributed by atoms with Crippen molar-refractivity contribution in [2.24, 2.45) is 0 Å². The smallest absolute Gasteiger partial charge is 0.312 e. The quantitative estimate of drug-likeness (QED) is 0.778. The molecule has 1 N–H and O–H groups in total. The predicted molar refractivity (Wildman–Crippen MR) is 46.6 cm³/mol. The van der Waals surface area contributed by atoms with Crippen LogP contribution in [0.1, 0.15) is 44.1 Å². The highest BCUT2D eigenvalue weighted by Gasteiger charge is 2.19. The summed E-state index contributed by atoms with van der Waals surface area (Å²) in [7, 11) is 0. The molecule has 1 rings (SSSR count). The number of hydrogen-bond acceptors (Lipinski definition) is 3. The average Bonchev–Trinajstić information content (AvgIpc) is 2.50. The minimum Gasteiger partial charge on any atom is -0.481 e. The molecule has 0 aliphatic heterocycles. The highest BCUT2D eigenvalue weighted by molar-refractivity contribution is 5.74. The number of carbonyl (C=O) groups is 1. The van der Waals surface area contributed by atoms with Crippen LogP contribution in [0.5, 0.6) is 0 Å². The minimum absolute atomic E-state index is 0.238. The Hall–Kier alpha value is -1.32. The van der Waals surface area contributed by atoms with Gasteiger partial charge < -0.3 is 9.63 Å². The number of aromatic nitrogens is 1. The lowest BCUT2D eigenvalue weighted by molar-refractivity contribution is -0.138. The second-order valence-electron chi connectivity index (χ2n) is 3.37. The lowest BCUT2D eigenvalue weighted by atomic mass is 10.1. The number of rotatable bonds is 3. The molecule has 0 aliphatic rings. The van der Waals surface area contributed by atoms with Gasteiger partial charge in [0.05, 0.1) is 11.6 Å². The van der Waals surface area contributed by atoms with E-state index in [1.165, 1.54) is 0 Å². The van der Waals surface area contributed by atoms with Gasteiger partial charge in [-0.25, -0.2) is 0 Å². The van der Waals surface area contributed by atoms with Gasteiger partial charge in [0.15, 0.2) is 0 Å². The molecule has 4 heteroatoms. The van der Waals surface area contributed by atoms with Crippen LogP contribution in [0, 0.1) is 0 Å². The molecule has 0 amide bonds. The fourth-order valence-corrected chi connectivity index (χ4v) is 0.907. The molecular weight excluding hydrogens is 170 g/mol. The molecule has 0 saturated heterocycles. The zero-order valence-electron chi connectivity index (χ0n) is 7.94. The molecule has 0 aliphatic carbocycles. The van der Waals surface area contributed by atoms with E-state index in [4.69, 9.17) is 9.63 Å². The van der Waals surface area contributed by atoms with Crippen LogP contribution in [-0.4, -0.2) is 16.2 Å². The summed E-state index contributed by atoms with van der Waals surface area (Å²) in [6.45, 7) is 5.52. The second-order valence-corrected chi connectivity index (χ2v) is 3.37. The van der Waals surface area contributed by atoms with E-state index in [1.807, 2.05) is 13.8 Å². The number of nitrogens with zero attached hydrogens (tertiary/aromatic N) is 1. The monoisotopic (exact) mass is 183 g/mol. The van der Waals surface area contributed by atoms with Gasteiger partial charge in [0, 0.05) is 12.0 Å². The van der Waals surface area contributed by atoms with Crippen LogP contribution in [-0.2, 0) is 4.79 Å². The molecule has 0 aromatic carbocycles. The zero-order valence-corrected chi connectivity index (χ0v) is 7.94. The summed E-state index contributed by atoms with van der Waals surface area (Å²) in [5.41, 5.74) is 0.483. The van der Waals surface area contributed by atoms with Crippen LogP contribution < -0.4 is 0 Å². The topological polar surface area (TPSA) is 63.3 Å². The Bertz CT molecular complexity index is 304. The second kappa shape index (κ2) is 3.60. The van der Waals surface area contributed by atoms with Crippen LogP contribution in [0.3, 0.4) is 0 Å². The molecule has 0 saturated carbocycles. The van der Waals surface area contributed by atoms with E-state index in [2.05, 4.69) is 5.16 Å². The largest absolute Gasteiger partial charge is 0.481 e. The van der Waals surface area contributed by atoms with E-state index in [0.717, 1.165) is 5.76 Å². The fourth-order valence-electron chi connectivity index (χ4n) is 0.907. The first-order valence-corrected chi connectivity index (χ1v) is 4.21. The van der Waals surface area contributed by atoms with Gasteiger partial charge in [-0.2, -0.15) is 0 Å². The third-order valence-corrected chi connectivity index (χ3v) is 1.93. The normalized spacial score (nSPS) is 13.2. The van der Waals surface area contributed by atoms with Crippen molar-refractivity contribution in [1.82, 2.24) is 5.16 Å². The maximum atomic E-state index is 10.6. The molecule has 72 valence electrons. The Morgan fingerprint density at radius 3 is 2.54 bits per heavy atom. The molecule has 13 heavy (non-hydrogen) atoms. The molecule has 1 aromatic rings. The van der Waals surface area contributed by atoms with Gasteiger partial charge in [0.1, 0.15) is 5.76 Å². The Balaban J connectivity index is 2.85. The maximum Gasteiger partial charge on any atom is 0.312 e. The molecule has 0 fully saturated rings. The van der Waals surface area contributed by atoms with Gasteiger partial charge in [-0.05, 0) is 6.92 Å². The fraction of sp³-hybridized carbons (Fsp3) is 0.556. The molecule has 0 radical (unpaired) electrons. The Labute approximate surface area is 76.5 Å². The summed E-state index contributed by atoms with van der Waals surface area (Å²) in [5, 5.41) is 12.4. The summed E-state index contributed by atoms with van der Waals surface area (Å²) in [6, 6.07) is 1.70. The van der Waals surface area contributed by atoms with E-state index in [-0.39, 0.29) is 5.92 Å². The summed E-state index contributed by atoms with van der Waals surface area (Å²) < 4.78 is 4.98. The van der Waals surface area contributed by atoms with Crippen LogP contribution in [0.15, 0.2) is 10.6 Å². The summed E-state index contributed by atoms with van der Waals surface area (Å²) in [5.74, 6) is -0.523. The van der Waals surface area contributed by atoms with Gasteiger partial charge in [-0.15, -0.1) is 0 Å². The van der Waals surface area contributed by atoms with Crippen molar-refractivity contribution in [2.75, 3.05) is 0 Å². The van der Waals surface area contributed by atoms with Crippen molar-refractivity contribution < 1.29 is 14.4 Å². The minimum atomic E-state index is -0.886. The first kappa shape index (κ1) is 9.77. The Morgan fingerprint density at radius 2 is 2.15 bits per heavy atom. The average molecular weight is 183 g/mol. The molecular formula is C9H13NO3. The first-order chi connectivity index (χ1) is 6.02. The van der Waals surface area contributed by atoms with Gasteiger partial charge in [0.25, 0.3) is 0 Å². The van der Waals surface area contributed by atoms with E-state index in [0.29, 0.717) is 5.69 Å². The highest BCUT2D eigenvalue weighted by atomic mass is 16.5. The van der Waals surface area contributed by atoms with Crippen molar-refractivity contribution in [3.05, 3.63) is 17.5 Å². The van der Waals surface area contributed by atoms with Crippen LogP contribution >= 0.6 is 0 Å². The number of carboxylic acid groups (broad SMARTS) is 1. The number of carboxylic acids is 1. The van der Waals surface area contributed by atoms with Gasteiger partial charge >= 0.3 is 5.97 Å². The lowest BCUT2D eigenvalue weighted by Gasteiger charge is -1.98. The van der Waals surface area contributed by atoms with Crippen molar-refractivity contribution in [1.29, 1.82) is 0 Å². The highest BCUT2D eigenvalue weighted by Crippen LogP contribution is 2.20. The van der Waals surface area contributed by atoms with E-state index in [9.17, 15) is 4.79 Å². The van der Waals surface area contributed by atoms with Crippen molar-refractivity contribution in [2.45, 2.75) is 32.6 Å². The van der Waals surface area contributed by atoms with Crippen molar-refractivity contribution in [3.63, 3.8) is 0 Å². The molecule has 1 unspecified atom stereocenters. The Kier molecular flexibility index (Phi) is 2.70. The summed E-state index contributed by atoms with van der Waals surface area (Å²) >= 11 is 0. The van der Waals surface area contributed by atoms with Gasteiger partial charge in [0.2, 0.25) is 0 Å². The summed E-state index contributed by atoms with van der Waals surface area (Å²) in [4.78, 5) is 10.6. The lowest BCUT2D eigenvalue weighted by Crippen LogP contribution is -2.07. The zero-order chi connectivity index (χ0) is 10.0. The van der Waals surface area contributed by atoms with E-state index < -0.39 is 11.9 Å². The third kappa shape index (κ3) is 2.08. The SMILES string of the molecule is CC(C)c1cc(C(C)C(=O)O)no1. The van der Waals surface area contributed by atoms with Crippen LogP contribution in [0.2, 0.25) is 0 Å². The molecule has 1 atom stereocenters. The van der Waals surface area contributed by atoms with Gasteiger partial charge in [-0.3, -0.25) is 4.79 Å². The molecule has 0 bridgehead atoms. The van der Waals surface area contributed by atoms with Crippen LogP contribution in [0.4, 0.5) is 0 Å².